The van der Waals surface area contributed by atoms with Crippen molar-refractivity contribution in [3.63, 3.8) is 0 Å². The van der Waals surface area contributed by atoms with E-state index in [1.165, 1.54) is 0 Å². The van der Waals surface area contributed by atoms with Crippen molar-refractivity contribution in [3.8, 4) is 0 Å². The van der Waals surface area contributed by atoms with E-state index in [-0.39, 0.29) is 31.2 Å². The SMILES string of the molecule is CCCC(C)(CCCO)C(CO)CO. The monoisotopic (exact) mass is 204 g/mol. The Hall–Kier alpha value is -0.120. The van der Waals surface area contributed by atoms with Crippen molar-refractivity contribution in [2.24, 2.45) is 11.3 Å². The lowest BCUT2D eigenvalue weighted by molar-refractivity contribution is 0.0330. The quantitative estimate of drug-likeness (QED) is 0.556. The molecule has 0 aromatic rings. The highest BCUT2D eigenvalue weighted by Gasteiger charge is 2.31. The van der Waals surface area contributed by atoms with E-state index in [1.54, 1.807) is 0 Å². The fourth-order valence-corrected chi connectivity index (χ4v) is 2.09. The van der Waals surface area contributed by atoms with Crippen LogP contribution in [0, 0.1) is 11.3 Å². The third-order valence-corrected chi connectivity index (χ3v) is 3.15. The summed E-state index contributed by atoms with van der Waals surface area (Å²) in [5, 5.41) is 27.1. The maximum Gasteiger partial charge on any atom is 0.0486 e. The number of aliphatic hydroxyl groups excluding tert-OH is 3. The summed E-state index contributed by atoms with van der Waals surface area (Å²) in [6.07, 6.45) is 3.63. The molecule has 86 valence electrons. The molecular formula is C11H24O3. The first-order chi connectivity index (χ1) is 6.64. The van der Waals surface area contributed by atoms with Gasteiger partial charge in [0.1, 0.15) is 0 Å². The van der Waals surface area contributed by atoms with Gasteiger partial charge in [0.05, 0.1) is 0 Å². The normalized spacial score (nSPS) is 15.9. The van der Waals surface area contributed by atoms with Gasteiger partial charge in [-0.3, -0.25) is 0 Å². The van der Waals surface area contributed by atoms with Crippen LogP contribution in [0.3, 0.4) is 0 Å². The Morgan fingerprint density at radius 3 is 2.00 bits per heavy atom. The largest absolute Gasteiger partial charge is 0.396 e. The minimum Gasteiger partial charge on any atom is -0.396 e. The Labute approximate surface area is 86.8 Å². The maximum absolute atomic E-state index is 9.17. The highest BCUT2D eigenvalue weighted by Crippen LogP contribution is 2.37. The van der Waals surface area contributed by atoms with Gasteiger partial charge in [0, 0.05) is 25.7 Å². The minimum absolute atomic E-state index is 0.0262. The molecule has 0 fully saturated rings. The van der Waals surface area contributed by atoms with E-state index in [0.29, 0.717) is 0 Å². The van der Waals surface area contributed by atoms with Gasteiger partial charge in [-0.2, -0.15) is 0 Å². The molecule has 0 aromatic carbocycles. The van der Waals surface area contributed by atoms with Crippen LogP contribution in [-0.4, -0.2) is 35.1 Å². The lowest BCUT2D eigenvalue weighted by Gasteiger charge is -2.36. The molecule has 0 aromatic heterocycles. The van der Waals surface area contributed by atoms with Crippen LogP contribution in [0.15, 0.2) is 0 Å². The lowest BCUT2D eigenvalue weighted by Crippen LogP contribution is -2.33. The van der Waals surface area contributed by atoms with Crippen LogP contribution in [0.1, 0.15) is 39.5 Å². The van der Waals surface area contributed by atoms with Crippen LogP contribution in [0.4, 0.5) is 0 Å². The first-order valence-electron chi connectivity index (χ1n) is 5.47. The van der Waals surface area contributed by atoms with E-state index < -0.39 is 0 Å². The molecule has 0 heterocycles. The second-order valence-corrected chi connectivity index (χ2v) is 4.29. The molecule has 0 rings (SSSR count). The van der Waals surface area contributed by atoms with Gasteiger partial charge in [-0.15, -0.1) is 0 Å². The molecule has 0 amide bonds. The molecule has 0 saturated heterocycles. The van der Waals surface area contributed by atoms with Gasteiger partial charge in [-0.05, 0) is 24.7 Å². The summed E-state index contributed by atoms with van der Waals surface area (Å²) in [5.74, 6) is -0.0611. The average Bonchev–Trinajstić information content (AvgIpc) is 2.17. The molecule has 0 aliphatic rings. The third kappa shape index (κ3) is 3.95. The Bertz CT molecular complexity index is 134. The highest BCUT2D eigenvalue weighted by atomic mass is 16.3. The zero-order valence-corrected chi connectivity index (χ0v) is 9.37. The van der Waals surface area contributed by atoms with Crippen LogP contribution in [0.2, 0.25) is 0 Å². The second-order valence-electron chi connectivity index (χ2n) is 4.29. The molecule has 0 saturated carbocycles. The van der Waals surface area contributed by atoms with E-state index in [9.17, 15) is 0 Å². The van der Waals surface area contributed by atoms with E-state index in [1.807, 2.05) is 0 Å². The summed E-state index contributed by atoms with van der Waals surface area (Å²) >= 11 is 0. The topological polar surface area (TPSA) is 60.7 Å². The van der Waals surface area contributed by atoms with Gasteiger partial charge in [0.2, 0.25) is 0 Å². The van der Waals surface area contributed by atoms with Gasteiger partial charge in [-0.1, -0.05) is 20.3 Å². The molecule has 0 radical (unpaired) electrons. The molecule has 3 nitrogen and oxygen atoms in total. The van der Waals surface area contributed by atoms with Crippen molar-refractivity contribution in [3.05, 3.63) is 0 Å². The Morgan fingerprint density at radius 2 is 1.64 bits per heavy atom. The predicted molar refractivity (Wildman–Crippen MR) is 57.0 cm³/mol. The third-order valence-electron chi connectivity index (χ3n) is 3.15. The van der Waals surface area contributed by atoms with E-state index in [0.717, 1.165) is 25.7 Å². The highest BCUT2D eigenvalue weighted by molar-refractivity contribution is 4.81. The maximum atomic E-state index is 9.17. The van der Waals surface area contributed by atoms with Crippen molar-refractivity contribution in [1.82, 2.24) is 0 Å². The Kier molecular flexibility index (Phi) is 7.15. The number of hydrogen-bond donors (Lipinski definition) is 3. The summed E-state index contributed by atoms with van der Waals surface area (Å²) in [6, 6.07) is 0. The summed E-state index contributed by atoms with van der Waals surface area (Å²) in [6.45, 7) is 4.42. The summed E-state index contributed by atoms with van der Waals surface area (Å²) in [7, 11) is 0. The lowest BCUT2D eigenvalue weighted by atomic mass is 9.71. The number of aliphatic hydroxyl groups is 3. The zero-order chi connectivity index (χ0) is 11.0. The molecule has 0 spiro atoms. The minimum atomic E-state index is -0.0611. The van der Waals surface area contributed by atoms with Crippen LogP contribution >= 0.6 is 0 Å². The molecule has 1 unspecified atom stereocenters. The van der Waals surface area contributed by atoms with Gasteiger partial charge in [0.25, 0.3) is 0 Å². The Morgan fingerprint density at radius 1 is 1.07 bits per heavy atom. The van der Waals surface area contributed by atoms with Crippen LogP contribution in [-0.2, 0) is 0 Å². The first-order valence-corrected chi connectivity index (χ1v) is 5.47. The smallest absolute Gasteiger partial charge is 0.0486 e. The summed E-state index contributed by atoms with van der Waals surface area (Å²) in [4.78, 5) is 0. The van der Waals surface area contributed by atoms with Gasteiger partial charge in [-0.25, -0.2) is 0 Å². The Balaban J connectivity index is 4.33. The van der Waals surface area contributed by atoms with Gasteiger partial charge >= 0.3 is 0 Å². The molecule has 14 heavy (non-hydrogen) atoms. The van der Waals surface area contributed by atoms with E-state index in [4.69, 9.17) is 15.3 Å². The summed E-state index contributed by atoms with van der Waals surface area (Å²) in [5.41, 5.74) is -0.0407. The van der Waals surface area contributed by atoms with E-state index in [2.05, 4.69) is 13.8 Å². The van der Waals surface area contributed by atoms with E-state index >= 15 is 0 Å². The van der Waals surface area contributed by atoms with Crippen molar-refractivity contribution in [1.29, 1.82) is 0 Å². The van der Waals surface area contributed by atoms with Crippen molar-refractivity contribution >= 4 is 0 Å². The molecule has 0 bridgehead atoms. The summed E-state index contributed by atoms with van der Waals surface area (Å²) < 4.78 is 0. The van der Waals surface area contributed by atoms with Crippen molar-refractivity contribution in [2.45, 2.75) is 39.5 Å². The first kappa shape index (κ1) is 13.9. The van der Waals surface area contributed by atoms with Crippen LogP contribution in [0.5, 0.6) is 0 Å². The molecule has 0 aliphatic carbocycles. The molecule has 3 heteroatoms. The van der Waals surface area contributed by atoms with Crippen molar-refractivity contribution in [2.75, 3.05) is 19.8 Å². The predicted octanol–water partition coefficient (Wildman–Crippen LogP) is 1.17. The average molecular weight is 204 g/mol. The fraction of sp³-hybridized carbons (Fsp3) is 1.00. The fourth-order valence-electron chi connectivity index (χ4n) is 2.09. The van der Waals surface area contributed by atoms with Gasteiger partial charge in [0.15, 0.2) is 0 Å². The second kappa shape index (κ2) is 7.21. The molecule has 0 aliphatic heterocycles. The standard InChI is InChI=1S/C11H24O3/c1-3-5-11(2,6-4-7-12)10(8-13)9-14/h10,12-14H,3-9H2,1-2H3. The molecular weight excluding hydrogens is 180 g/mol. The van der Waals surface area contributed by atoms with Gasteiger partial charge < -0.3 is 15.3 Å². The molecule has 1 atom stereocenters. The molecule has 3 N–H and O–H groups in total. The van der Waals surface area contributed by atoms with Crippen molar-refractivity contribution < 1.29 is 15.3 Å². The number of hydrogen-bond acceptors (Lipinski definition) is 3. The van der Waals surface area contributed by atoms with Crippen LogP contribution in [0.25, 0.3) is 0 Å². The number of rotatable bonds is 8. The van der Waals surface area contributed by atoms with Crippen LogP contribution < -0.4 is 0 Å². The zero-order valence-electron chi connectivity index (χ0n) is 9.37.